The molecule has 1 aromatic heterocycles. The molecule has 0 radical (unpaired) electrons. The van der Waals surface area contributed by atoms with Crippen LogP contribution in [-0.2, 0) is 6.42 Å². The second-order valence-corrected chi connectivity index (χ2v) is 6.24. The maximum Gasteiger partial charge on any atom is 0.255 e. The Balaban J connectivity index is 2.14. The minimum Gasteiger partial charge on any atom is -0.206 e. The Labute approximate surface area is 90.7 Å². The van der Waals surface area contributed by atoms with Crippen LogP contribution in [0, 0.1) is 12.8 Å². The Morgan fingerprint density at radius 1 is 1.50 bits per heavy atom. The number of thiol groups is 1. The van der Waals surface area contributed by atoms with Crippen molar-refractivity contribution < 1.29 is 8.78 Å². The van der Waals surface area contributed by atoms with Gasteiger partial charge in [0.15, 0.2) is 0 Å². The number of hydrogen-bond acceptors (Lipinski definition) is 2. The van der Waals surface area contributed by atoms with Gasteiger partial charge in [-0.1, -0.05) is 0 Å². The fourth-order valence-electron chi connectivity index (χ4n) is 2.83. The minimum atomic E-state index is -2.47. The first-order valence-corrected chi connectivity index (χ1v) is 5.96. The second kappa shape index (κ2) is 2.53. The van der Waals surface area contributed by atoms with Gasteiger partial charge in [-0.25, -0.2) is 8.78 Å². The third-order valence-electron chi connectivity index (χ3n) is 3.47. The zero-order valence-electron chi connectivity index (χ0n) is 7.68. The van der Waals surface area contributed by atoms with Gasteiger partial charge in [0.2, 0.25) is 0 Å². The SMILES string of the molecule is Cc1sc(S)c2c1CC1CC(F)(F)C21. The largest absolute Gasteiger partial charge is 0.255 e. The molecule has 2 unspecified atom stereocenters. The number of hydrogen-bond donors (Lipinski definition) is 1. The third kappa shape index (κ3) is 0.936. The van der Waals surface area contributed by atoms with E-state index in [1.54, 1.807) is 11.3 Å². The van der Waals surface area contributed by atoms with Gasteiger partial charge in [-0.05, 0) is 30.4 Å². The molecular formula is C10H10F2S2. The number of thiophene rings is 1. The number of aryl methyl sites for hydroxylation is 1. The van der Waals surface area contributed by atoms with E-state index in [0.29, 0.717) is 0 Å². The van der Waals surface area contributed by atoms with Gasteiger partial charge in [0.1, 0.15) is 0 Å². The highest BCUT2D eigenvalue weighted by Crippen LogP contribution is 2.63. The highest BCUT2D eigenvalue weighted by molar-refractivity contribution is 7.83. The molecular weight excluding hydrogens is 222 g/mol. The molecule has 2 aliphatic carbocycles. The van der Waals surface area contributed by atoms with Crippen molar-refractivity contribution in [2.24, 2.45) is 5.92 Å². The fraction of sp³-hybridized carbons (Fsp3) is 0.600. The molecule has 76 valence electrons. The second-order valence-electron chi connectivity index (χ2n) is 4.26. The lowest BCUT2D eigenvalue weighted by Crippen LogP contribution is -2.43. The Morgan fingerprint density at radius 2 is 2.21 bits per heavy atom. The smallest absolute Gasteiger partial charge is 0.206 e. The molecule has 1 saturated carbocycles. The maximum atomic E-state index is 13.3. The van der Waals surface area contributed by atoms with E-state index >= 15 is 0 Å². The van der Waals surface area contributed by atoms with Crippen LogP contribution in [0.2, 0.25) is 0 Å². The van der Waals surface area contributed by atoms with E-state index in [4.69, 9.17) is 0 Å². The van der Waals surface area contributed by atoms with Gasteiger partial charge in [-0.15, -0.1) is 24.0 Å². The normalized spacial score (nSPS) is 32.3. The molecule has 1 aromatic rings. The van der Waals surface area contributed by atoms with Gasteiger partial charge in [-0.3, -0.25) is 0 Å². The summed E-state index contributed by atoms with van der Waals surface area (Å²) >= 11 is 5.85. The molecule has 0 N–H and O–H groups in total. The van der Waals surface area contributed by atoms with Gasteiger partial charge >= 0.3 is 0 Å². The predicted octanol–water partition coefficient (Wildman–Crippen LogP) is 3.64. The van der Waals surface area contributed by atoms with Crippen molar-refractivity contribution in [1.82, 2.24) is 0 Å². The van der Waals surface area contributed by atoms with E-state index in [1.807, 2.05) is 6.92 Å². The quantitative estimate of drug-likeness (QED) is 0.649. The van der Waals surface area contributed by atoms with Crippen molar-refractivity contribution in [3.05, 3.63) is 16.0 Å². The Hall–Kier alpha value is -0.0900. The van der Waals surface area contributed by atoms with Crippen LogP contribution in [0.3, 0.4) is 0 Å². The summed E-state index contributed by atoms with van der Waals surface area (Å²) in [5, 5.41) is 0. The number of alkyl halides is 2. The van der Waals surface area contributed by atoms with Gasteiger partial charge in [0, 0.05) is 11.3 Å². The molecule has 14 heavy (non-hydrogen) atoms. The molecule has 1 heterocycles. The summed E-state index contributed by atoms with van der Waals surface area (Å²) in [6.45, 7) is 2.01. The highest BCUT2D eigenvalue weighted by Gasteiger charge is 2.60. The van der Waals surface area contributed by atoms with Crippen LogP contribution in [0.25, 0.3) is 0 Å². The summed E-state index contributed by atoms with van der Waals surface area (Å²) in [5.41, 5.74) is 2.02. The van der Waals surface area contributed by atoms with E-state index < -0.39 is 11.8 Å². The fourth-order valence-corrected chi connectivity index (χ4v) is 4.48. The van der Waals surface area contributed by atoms with E-state index in [-0.39, 0.29) is 12.3 Å². The van der Waals surface area contributed by atoms with Crippen molar-refractivity contribution >= 4 is 24.0 Å². The van der Waals surface area contributed by atoms with Gasteiger partial charge in [0.25, 0.3) is 5.92 Å². The molecule has 0 aliphatic heterocycles. The lowest BCUT2D eigenvalue weighted by atomic mass is 9.71. The summed E-state index contributed by atoms with van der Waals surface area (Å²) in [5.74, 6) is -2.80. The summed E-state index contributed by atoms with van der Waals surface area (Å²) < 4.78 is 27.5. The molecule has 1 fully saturated rings. The lowest BCUT2D eigenvalue weighted by Gasteiger charge is -2.40. The lowest BCUT2D eigenvalue weighted by molar-refractivity contribution is -0.129. The third-order valence-corrected chi connectivity index (χ3v) is 4.95. The minimum absolute atomic E-state index is 0.0731. The average molecular weight is 232 g/mol. The molecule has 0 spiro atoms. The molecule has 0 amide bonds. The molecule has 0 nitrogen and oxygen atoms in total. The zero-order valence-corrected chi connectivity index (χ0v) is 9.39. The van der Waals surface area contributed by atoms with Gasteiger partial charge < -0.3 is 0 Å². The van der Waals surface area contributed by atoms with Gasteiger partial charge in [-0.2, -0.15) is 0 Å². The first-order chi connectivity index (χ1) is 6.50. The van der Waals surface area contributed by atoms with Gasteiger partial charge in [0.05, 0.1) is 10.1 Å². The van der Waals surface area contributed by atoms with E-state index in [1.165, 1.54) is 4.88 Å². The maximum absolute atomic E-state index is 13.3. The van der Waals surface area contributed by atoms with Crippen LogP contribution in [-0.4, -0.2) is 5.92 Å². The number of fused-ring (bicyclic) bond motifs is 3. The van der Waals surface area contributed by atoms with Crippen molar-refractivity contribution in [3.8, 4) is 0 Å². The molecule has 4 heteroatoms. The summed E-state index contributed by atoms with van der Waals surface area (Å²) in [6, 6.07) is 0. The van der Waals surface area contributed by atoms with Crippen LogP contribution in [0.15, 0.2) is 4.21 Å². The monoisotopic (exact) mass is 232 g/mol. The first-order valence-electron chi connectivity index (χ1n) is 4.69. The van der Waals surface area contributed by atoms with Crippen LogP contribution >= 0.6 is 24.0 Å². The zero-order chi connectivity index (χ0) is 10.1. The summed E-state index contributed by atoms with van der Waals surface area (Å²) in [6.07, 6.45) is 0.919. The molecule has 2 atom stereocenters. The van der Waals surface area contributed by atoms with Crippen LogP contribution < -0.4 is 0 Å². The summed E-state index contributed by atoms with van der Waals surface area (Å²) in [4.78, 5) is 1.18. The standard InChI is InChI=1S/C10H10F2S2/c1-4-6-2-5-3-10(11,12)8(5)7(6)9(13)14-4/h5,8,13H,2-3H2,1H3. The van der Waals surface area contributed by atoms with Crippen LogP contribution in [0.5, 0.6) is 0 Å². The van der Waals surface area contributed by atoms with Crippen LogP contribution in [0.4, 0.5) is 8.78 Å². The number of halogens is 2. The molecule has 2 aliphatic rings. The molecule has 3 rings (SSSR count). The highest BCUT2D eigenvalue weighted by atomic mass is 32.2. The molecule has 0 aromatic carbocycles. The topological polar surface area (TPSA) is 0 Å². The van der Waals surface area contributed by atoms with E-state index in [9.17, 15) is 8.78 Å². The first kappa shape index (κ1) is 9.16. The van der Waals surface area contributed by atoms with Crippen molar-refractivity contribution in [2.45, 2.75) is 35.8 Å². The number of rotatable bonds is 0. The Kier molecular flexibility index (Phi) is 1.65. The van der Waals surface area contributed by atoms with E-state index in [2.05, 4.69) is 12.6 Å². The Morgan fingerprint density at radius 3 is 2.86 bits per heavy atom. The van der Waals surface area contributed by atoms with E-state index in [0.717, 1.165) is 21.8 Å². The van der Waals surface area contributed by atoms with Crippen LogP contribution in [0.1, 0.15) is 28.3 Å². The average Bonchev–Trinajstić information content (AvgIpc) is 2.49. The van der Waals surface area contributed by atoms with Crippen molar-refractivity contribution in [1.29, 1.82) is 0 Å². The predicted molar refractivity (Wildman–Crippen MR) is 55.8 cm³/mol. The Bertz CT molecular complexity index is 408. The molecule has 0 bridgehead atoms. The summed E-state index contributed by atoms with van der Waals surface area (Å²) in [7, 11) is 0. The molecule has 0 saturated heterocycles. The van der Waals surface area contributed by atoms with Crippen molar-refractivity contribution in [2.75, 3.05) is 0 Å². The van der Waals surface area contributed by atoms with Crippen molar-refractivity contribution in [3.63, 3.8) is 0 Å².